The number of aryl methyl sites for hydroxylation is 1. The highest BCUT2D eigenvalue weighted by molar-refractivity contribution is 7.10. The van der Waals surface area contributed by atoms with Gasteiger partial charge in [0.25, 0.3) is 5.91 Å². The minimum absolute atomic E-state index is 0.197. The molecule has 0 aliphatic rings. The van der Waals surface area contributed by atoms with Gasteiger partial charge in [-0.25, -0.2) is 0 Å². The van der Waals surface area contributed by atoms with Crippen LogP contribution in [0, 0.1) is 0 Å². The van der Waals surface area contributed by atoms with E-state index in [9.17, 15) is 4.79 Å². The van der Waals surface area contributed by atoms with Crippen molar-refractivity contribution < 1.29 is 4.79 Å². The lowest BCUT2D eigenvalue weighted by Gasteiger charge is -2.05. The topological polar surface area (TPSA) is 68.0 Å². The fraction of sp³-hybridized carbons (Fsp3) is 0.231. The molecular weight excluding hydrogens is 246 g/mol. The predicted octanol–water partition coefficient (Wildman–Crippen LogP) is 2.22. The normalized spacial score (nSPS) is 10.3. The first-order valence-electron chi connectivity index (χ1n) is 5.75. The molecule has 1 amide bonds. The third kappa shape index (κ3) is 2.87. The Kier molecular flexibility index (Phi) is 3.94. The maximum atomic E-state index is 11.9. The Morgan fingerprint density at radius 2 is 2.33 bits per heavy atom. The van der Waals surface area contributed by atoms with E-state index in [4.69, 9.17) is 5.73 Å². The second-order valence-corrected chi connectivity index (χ2v) is 4.88. The molecule has 0 spiro atoms. The highest BCUT2D eigenvalue weighted by Crippen LogP contribution is 2.17. The number of carbonyl (C=O) groups is 1. The predicted molar refractivity (Wildman–Crippen MR) is 73.5 cm³/mol. The number of carbonyl (C=O) groups excluding carboxylic acids is 1. The van der Waals surface area contributed by atoms with Crippen LogP contribution < -0.4 is 11.1 Å². The van der Waals surface area contributed by atoms with Gasteiger partial charge in [-0.15, -0.1) is 11.3 Å². The molecule has 2 rings (SSSR count). The molecule has 3 N–H and O–H groups in total. The Bertz CT molecular complexity index is 551. The molecule has 0 fully saturated rings. The van der Waals surface area contributed by atoms with Crippen molar-refractivity contribution in [1.29, 1.82) is 0 Å². The number of aromatic nitrogens is 1. The summed E-state index contributed by atoms with van der Waals surface area (Å²) in [7, 11) is 0. The largest absolute Gasteiger partial charge is 0.399 e. The highest BCUT2D eigenvalue weighted by Gasteiger charge is 2.08. The van der Waals surface area contributed by atoms with Crippen LogP contribution >= 0.6 is 11.3 Å². The first-order chi connectivity index (χ1) is 8.70. The summed E-state index contributed by atoms with van der Waals surface area (Å²) in [6, 6.07) is 5.32. The minimum Gasteiger partial charge on any atom is -0.399 e. The summed E-state index contributed by atoms with van der Waals surface area (Å²) in [6.45, 7) is 2.64. The van der Waals surface area contributed by atoms with Crippen molar-refractivity contribution in [2.24, 2.45) is 0 Å². The zero-order valence-corrected chi connectivity index (χ0v) is 11.0. The third-order valence-electron chi connectivity index (χ3n) is 2.64. The number of amides is 1. The number of anilines is 1. The fourth-order valence-corrected chi connectivity index (χ4v) is 2.58. The molecule has 0 atom stereocenters. The molecule has 18 heavy (non-hydrogen) atoms. The SMILES string of the molecule is CCc1ccsc1CNC(=O)c1cc(N)ccn1. The van der Waals surface area contributed by atoms with Crippen LogP contribution in [0.4, 0.5) is 5.69 Å². The Hall–Kier alpha value is -1.88. The van der Waals surface area contributed by atoms with Crippen LogP contribution in [0.3, 0.4) is 0 Å². The zero-order chi connectivity index (χ0) is 13.0. The molecule has 0 aromatic carbocycles. The number of pyridine rings is 1. The maximum Gasteiger partial charge on any atom is 0.270 e. The van der Waals surface area contributed by atoms with Gasteiger partial charge in [0.15, 0.2) is 0 Å². The summed E-state index contributed by atoms with van der Waals surface area (Å²) in [5.74, 6) is -0.197. The second-order valence-electron chi connectivity index (χ2n) is 3.88. The molecular formula is C13H15N3OS. The van der Waals surface area contributed by atoms with Gasteiger partial charge in [-0.1, -0.05) is 6.92 Å². The first kappa shape index (κ1) is 12.6. The summed E-state index contributed by atoms with van der Waals surface area (Å²) >= 11 is 1.65. The molecule has 94 valence electrons. The van der Waals surface area contributed by atoms with Crippen molar-refractivity contribution in [2.75, 3.05) is 5.73 Å². The van der Waals surface area contributed by atoms with Gasteiger partial charge in [0.05, 0.1) is 6.54 Å². The van der Waals surface area contributed by atoms with Gasteiger partial charge in [0.2, 0.25) is 0 Å². The molecule has 2 aromatic heterocycles. The van der Waals surface area contributed by atoms with E-state index in [-0.39, 0.29) is 5.91 Å². The summed E-state index contributed by atoms with van der Waals surface area (Å²) in [4.78, 5) is 17.1. The van der Waals surface area contributed by atoms with Crippen LogP contribution in [-0.4, -0.2) is 10.9 Å². The van der Waals surface area contributed by atoms with Crippen LogP contribution in [0.1, 0.15) is 27.9 Å². The van der Waals surface area contributed by atoms with Crippen LogP contribution in [0.15, 0.2) is 29.8 Å². The number of hydrogen-bond acceptors (Lipinski definition) is 4. The number of nitrogens with zero attached hydrogens (tertiary/aromatic N) is 1. The van der Waals surface area contributed by atoms with E-state index in [0.717, 1.165) is 6.42 Å². The van der Waals surface area contributed by atoms with E-state index in [1.165, 1.54) is 16.6 Å². The Morgan fingerprint density at radius 1 is 1.50 bits per heavy atom. The van der Waals surface area contributed by atoms with Crippen LogP contribution in [0.2, 0.25) is 0 Å². The summed E-state index contributed by atoms with van der Waals surface area (Å²) in [6.07, 6.45) is 2.51. The smallest absolute Gasteiger partial charge is 0.270 e. The molecule has 0 bridgehead atoms. The lowest BCUT2D eigenvalue weighted by atomic mass is 10.2. The van der Waals surface area contributed by atoms with Crippen molar-refractivity contribution in [3.05, 3.63) is 45.9 Å². The number of nitrogens with one attached hydrogen (secondary N) is 1. The molecule has 0 aliphatic heterocycles. The number of hydrogen-bond donors (Lipinski definition) is 2. The number of rotatable bonds is 4. The van der Waals surface area contributed by atoms with Crippen molar-refractivity contribution in [3.8, 4) is 0 Å². The average Bonchev–Trinajstić information content (AvgIpc) is 2.83. The molecule has 4 nitrogen and oxygen atoms in total. The van der Waals surface area contributed by atoms with Crippen LogP contribution in [-0.2, 0) is 13.0 Å². The summed E-state index contributed by atoms with van der Waals surface area (Å²) < 4.78 is 0. The second kappa shape index (κ2) is 5.64. The molecule has 0 saturated heterocycles. The van der Waals surface area contributed by atoms with Crippen molar-refractivity contribution >= 4 is 22.9 Å². The molecule has 2 aromatic rings. The lowest BCUT2D eigenvalue weighted by molar-refractivity contribution is 0.0946. The third-order valence-corrected chi connectivity index (χ3v) is 3.61. The van der Waals surface area contributed by atoms with E-state index in [1.807, 2.05) is 5.38 Å². The molecule has 0 unspecified atom stereocenters. The highest BCUT2D eigenvalue weighted by atomic mass is 32.1. The van der Waals surface area contributed by atoms with Gasteiger partial charge in [-0.2, -0.15) is 0 Å². The van der Waals surface area contributed by atoms with Crippen LogP contribution in [0.25, 0.3) is 0 Å². The molecule has 0 saturated carbocycles. The van der Waals surface area contributed by atoms with E-state index < -0.39 is 0 Å². The Morgan fingerprint density at radius 3 is 3.06 bits per heavy atom. The Labute approximate surface area is 110 Å². The van der Waals surface area contributed by atoms with Crippen LogP contribution in [0.5, 0.6) is 0 Å². The van der Waals surface area contributed by atoms with Gasteiger partial charge < -0.3 is 11.1 Å². The number of nitrogen functional groups attached to an aromatic ring is 1. The van der Waals surface area contributed by atoms with Crippen molar-refractivity contribution in [3.63, 3.8) is 0 Å². The quantitative estimate of drug-likeness (QED) is 0.886. The van der Waals surface area contributed by atoms with Gasteiger partial charge >= 0.3 is 0 Å². The maximum absolute atomic E-state index is 11.9. The summed E-state index contributed by atoms with van der Waals surface area (Å²) in [5, 5.41) is 4.90. The van der Waals surface area contributed by atoms with Gasteiger partial charge in [-0.3, -0.25) is 9.78 Å². The molecule has 2 heterocycles. The number of thiophene rings is 1. The Balaban J connectivity index is 2.00. The molecule has 0 aliphatic carbocycles. The van der Waals surface area contributed by atoms with E-state index in [0.29, 0.717) is 17.9 Å². The van der Waals surface area contributed by atoms with E-state index >= 15 is 0 Å². The zero-order valence-electron chi connectivity index (χ0n) is 10.1. The average molecular weight is 261 g/mol. The monoisotopic (exact) mass is 261 g/mol. The summed E-state index contributed by atoms with van der Waals surface area (Å²) in [5.41, 5.74) is 7.79. The molecule has 5 heteroatoms. The minimum atomic E-state index is -0.197. The first-order valence-corrected chi connectivity index (χ1v) is 6.63. The fourth-order valence-electron chi connectivity index (χ4n) is 1.66. The van der Waals surface area contributed by atoms with Gasteiger partial charge in [0, 0.05) is 16.8 Å². The van der Waals surface area contributed by atoms with Gasteiger partial charge in [-0.05, 0) is 35.6 Å². The van der Waals surface area contributed by atoms with Gasteiger partial charge in [0.1, 0.15) is 5.69 Å². The van der Waals surface area contributed by atoms with Crippen molar-refractivity contribution in [2.45, 2.75) is 19.9 Å². The lowest BCUT2D eigenvalue weighted by Crippen LogP contribution is -2.23. The standard InChI is InChI=1S/C13H15N3OS/c1-2-9-4-6-18-12(9)8-16-13(17)11-7-10(14)3-5-15-11/h3-7H,2,8H2,1H3,(H2,14,15)(H,16,17). The van der Waals surface area contributed by atoms with Crippen molar-refractivity contribution in [1.82, 2.24) is 10.3 Å². The number of nitrogens with two attached hydrogens (primary N) is 1. The molecule has 0 radical (unpaired) electrons. The van der Waals surface area contributed by atoms with E-state index in [1.54, 1.807) is 23.5 Å². The van der Waals surface area contributed by atoms with E-state index in [2.05, 4.69) is 23.3 Å².